The van der Waals surface area contributed by atoms with Crippen LogP contribution in [0.15, 0.2) is 6.20 Å². The van der Waals surface area contributed by atoms with Gasteiger partial charge in [-0.25, -0.2) is 0 Å². The number of carbonyl (C=O) groups is 1. The van der Waals surface area contributed by atoms with Crippen LogP contribution in [-0.4, -0.2) is 22.1 Å². The molecule has 5 heteroatoms. The van der Waals surface area contributed by atoms with Crippen LogP contribution in [0.4, 0.5) is 0 Å². The van der Waals surface area contributed by atoms with Gasteiger partial charge in [-0.15, -0.1) is 0 Å². The van der Waals surface area contributed by atoms with Crippen molar-refractivity contribution in [2.24, 2.45) is 18.7 Å². The molecule has 1 aromatic rings. The zero-order valence-electron chi connectivity index (χ0n) is 11.2. The van der Waals surface area contributed by atoms with E-state index in [4.69, 9.17) is 17.3 Å². The molecule has 0 bridgehead atoms. The molecule has 1 atom stereocenters. The molecule has 0 saturated heterocycles. The summed E-state index contributed by atoms with van der Waals surface area (Å²) in [4.78, 5) is 12.1. The summed E-state index contributed by atoms with van der Waals surface area (Å²) < 4.78 is 1.54. The molecular weight excluding hydrogens is 250 g/mol. The lowest BCUT2D eigenvalue weighted by Gasteiger charge is -2.14. The molecule has 1 unspecified atom stereocenters. The standard InChI is InChI=1S/C13H22ClN3O/c1-3-4-10(7-8-15)5-6-12(18)13-11(14)9-16-17(13)2/h9-10H,3-8,15H2,1-2H3. The Hall–Kier alpha value is -0.870. The van der Waals surface area contributed by atoms with Gasteiger partial charge >= 0.3 is 0 Å². The molecule has 0 saturated carbocycles. The minimum Gasteiger partial charge on any atom is -0.330 e. The van der Waals surface area contributed by atoms with Gasteiger partial charge in [-0.2, -0.15) is 5.10 Å². The summed E-state index contributed by atoms with van der Waals surface area (Å²) in [5.74, 6) is 0.606. The van der Waals surface area contributed by atoms with Crippen molar-refractivity contribution >= 4 is 17.4 Å². The molecule has 1 heterocycles. The van der Waals surface area contributed by atoms with Gasteiger partial charge < -0.3 is 5.73 Å². The van der Waals surface area contributed by atoms with E-state index in [1.807, 2.05) is 0 Å². The molecule has 0 spiro atoms. The van der Waals surface area contributed by atoms with Crippen LogP contribution in [-0.2, 0) is 7.05 Å². The van der Waals surface area contributed by atoms with E-state index in [9.17, 15) is 4.79 Å². The van der Waals surface area contributed by atoms with Gasteiger partial charge in [0.1, 0.15) is 5.69 Å². The molecule has 0 aromatic carbocycles. The predicted molar refractivity (Wildman–Crippen MR) is 73.9 cm³/mol. The van der Waals surface area contributed by atoms with E-state index in [2.05, 4.69) is 12.0 Å². The Balaban J connectivity index is 2.54. The third-order valence-electron chi connectivity index (χ3n) is 3.21. The van der Waals surface area contributed by atoms with Gasteiger partial charge in [-0.3, -0.25) is 9.48 Å². The van der Waals surface area contributed by atoms with Crippen LogP contribution in [0.2, 0.25) is 5.02 Å². The summed E-state index contributed by atoms with van der Waals surface area (Å²) in [5.41, 5.74) is 6.10. The molecule has 102 valence electrons. The second-order valence-electron chi connectivity index (χ2n) is 4.66. The average Bonchev–Trinajstić information content (AvgIpc) is 2.66. The van der Waals surface area contributed by atoms with E-state index in [0.717, 1.165) is 25.7 Å². The molecule has 18 heavy (non-hydrogen) atoms. The number of nitrogens with zero attached hydrogens (tertiary/aromatic N) is 2. The topological polar surface area (TPSA) is 60.9 Å². The van der Waals surface area contributed by atoms with E-state index in [0.29, 0.717) is 29.6 Å². The predicted octanol–water partition coefficient (Wildman–Crippen LogP) is 2.80. The number of carbonyl (C=O) groups excluding carboxylic acids is 1. The lowest BCUT2D eigenvalue weighted by Crippen LogP contribution is -2.13. The lowest BCUT2D eigenvalue weighted by molar-refractivity contribution is 0.0963. The van der Waals surface area contributed by atoms with Crippen molar-refractivity contribution in [3.05, 3.63) is 16.9 Å². The van der Waals surface area contributed by atoms with Crippen LogP contribution in [0.25, 0.3) is 0 Å². The van der Waals surface area contributed by atoms with Crippen molar-refractivity contribution < 1.29 is 4.79 Å². The summed E-state index contributed by atoms with van der Waals surface area (Å²) in [6.45, 7) is 2.84. The quantitative estimate of drug-likeness (QED) is 0.740. The number of hydrogen-bond acceptors (Lipinski definition) is 3. The number of hydrogen-bond donors (Lipinski definition) is 1. The van der Waals surface area contributed by atoms with Crippen molar-refractivity contribution in [2.45, 2.75) is 39.0 Å². The average molecular weight is 272 g/mol. The van der Waals surface area contributed by atoms with Crippen LogP contribution in [0.5, 0.6) is 0 Å². The Morgan fingerprint density at radius 2 is 2.22 bits per heavy atom. The largest absolute Gasteiger partial charge is 0.330 e. The molecule has 0 aliphatic heterocycles. The van der Waals surface area contributed by atoms with Gasteiger partial charge in [0.15, 0.2) is 5.78 Å². The number of halogens is 1. The molecular formula is C13H22ClN3O. The molecule has 0 aliphatic carbocycles. The number of nitrogens with two attached hydrogens (primary N) is 1. The summed E-state index contributed by atoms with van der Waals surface area (Å²) in [6, 6.07) is 0. The summed E-state index contributed by atoms with van der Waals surface area (Å²) in [7, 11) is 1.74. The minimum absolute atomic E-state index is 0.0677. The first-order valence-electron chi connectivity index (χ1n) is 6.50. The maximum atomic E-state index is 12.1. The second-order valence-corrected chi connectivity index (χ2v) is 5.07. The lowest BCUT2D eigenvalue weighted by atomic mass is 9.93. The summed E-state index contributed by atoms with van der Waals surface area (Å²) in [6.07, 6.45) is 6.16. The zero-order valence-corrected chi connectivity index (χ0v) is 11.9. The summed E-state index contributed by atoms with van der Waals surface area (Å²) >= 11 is 5.95. The Morgan fingerprint density at radius 1 is 1.50 bits per heavy atom. The fourth-order valence-electron chi connectivity index (χ4n) is 2.25. The highest BCUT2D eigenvalue weighted by atomic mass is 35.5. The zero-order chi connectivity index (χ0) is 13.5. The smallest absolute Gasteiger partial charge is 0.182 e. The molecule has 1 aromatic heterocycles. The SMILES string of the molecule is CCCC(CCN)CCC(=O)c1c(Cl)cnn1C. The first-order valence-corrected chi connectivity index (χ1v) is 6.88. The van der Waals surface area contributed by atoms with Crippen molar-refractivity contribution in [2.75, 3.05) is 6.54 Å². The molecule has 0 amide bonds. The monoisotopic (exact) mass is 271 g/mol. The van der Waals surface area contributed by atoms with Gasteiger partial charge in [0, 0.05) is 13.5 Å². The number of Topliss-reactive ketones (excluding diaryl/α,β-unsaturated/α-hetero) is 1. The van der Waals surface area contributed by atoms with E-state index in [1.165, 1.54) is 6.20 Å². The Labute approximate surface area is 113 Å². The van der Waals surface area contributed by atoms with Crippen LogP contribution < -0.4 is 5.73 Å². The number of aromatic nitrogens is 2. The van der Waals surface area contributed by atoms with E-state index in [-0.39, 0.29) is 5.78 Å². The van der Waals surface area contributed by atoms with Gasteiger partial charge in [-0.05, 0) is 25.3 Å². The fraction of sp³-hybridized carbons (Fsp3) is 0.692. The van der Waals surface area contributed by atoms with Crippen LogP contribution in [0, 0.1) is 5.92 Å². The highest BCUT2D eigenvalue weighted by molar-refractivity contribution is 6.33. The van der Waals surface area contributed by atoms with E-state index >= 15 is 0 Å². The minimum atomic E-state index is 0.0677. The molecule has 2 N–H and O–H groups in total. The van der Waals surface area contributed by atoms with Gasteiger partial charge in [0.2, 0.25) is 0 Å². The Bertz CT molecular complexity index is 364. The normalized spacial score (nSPS) is 12.7. The fourth-order valence-corrected chi connectivity index (χ4v) is 2.53. The first kappa shape index (κ1) is 15.2. The third-order valence-corrected chi connectivity index (χ3v) is 3.49. The van der Waals surface area contributed by atoms with Crippen molar-refractivity contribution in [1.82, 2.24) is 9.78 Å². The van der Waals surface area contributed by atoms with Gasteiger partial charge in [0.05, 0.1) is 11.2 Å². The maximum absolute atomic E-state index is 12.1. The van der Waals surface area contributed by atoms with Crippen LogP contribution in [0.1, 0.15) is 49.5 Å². The number of aryl methyl sites for hydroxylation is 1. The third kappa shape index (κ3) is 4.10. The Kier molecular flexibility index (Phi) is 6.36. The Morgan fingerprint density at radius 3 is 2.72 bits per heavy atom. The molecule has 1 rings (SSSR count). The number of ketones is 1. The van der Waals surface area contributed by atoms with Gasteiger partial charge in [-0.1, -0.05) is 31.4 Å². The molecule has 0 radical (unpaired) electrons. The van der Waals surface area contributed by atoms with E-state index < -0.39 is 0 Å². The molecule has 0 aliphatic rings. The summed E-state index contributed by atoms with van der Waals surface area (Å²) in [5, 5.41) is 4.42. The van der Waals surface area contributed by atoms with Crippen molar-refractivity contribution in [3.8, 4) is 0 Å². The van der Waals surface area contributed by atoms with Crippen molar-refractivity contribution in [1.29, 1.82) is 0 Å². The van der Waals surface area contributed by atoms with E-state index in [1.54, 1.807) is 11.7 Å². The van der Waals surface area contributed by atoms with Gasteiger partial charge in [0.25, 0.3) is 0 Å². The highest BCUT2D eigenvalue weighted by Gasteiger charge is 2.17. The molecule has 0 fully saturated rings. The second kappa shape index (κ2) is 7.54. The number of rotatable bonds is 8. The van der Waals surface area contributed by atoms with Crippen LogP contribution >= 0.6 is 11.6 Å². The maximum Gasteiger partial charge on any atom is 0.182 e. The van der Waals surface area contributed by atoms with Crippen LogP contribution in [0.3, 0.4) is 0 Å². The molecule has 4 nitrogen and oxygen atoms in total. The van der Waals surface area contributed by atoms with Crippen molar-refractivity contribution in [3.63, 3.8) is 0 Å². The highest BCUT2D eigenvalue weighted by Crippen LogP contribution is 2.21. The first-order chi connectivity index (χ1) is 8.60.